The average molecular weight is 411 g/mol. The third kappa shape index (κ3) is 4.15. The average Bonchev–Trinajstić information content (AvgIpc) is 2.66. The predicted molar refractivity (Wildman–Crippen MR) is 103 cm³/mol. The van der Waals surface area contributed by atoms with Crippen molar-refractivity contribution >= 4 is 33.2 Å². The summed E-state index contributed by atoms with van der Waals surface area (Å²) in [4.78, 5) is 12.8. The Morgan fingerprint density at radius 3 is 2.59 bits per heavy atom. The SMILES string of the molecule is Cc1c(Cl)cccc1NC(=O)[C@H]1CCCCN1S(=O)(=O)c1ccc(F)cc1. The first-order valence-electron chi connectivity index (χ1n) is 8.64. The lowest BCUT2D eigenvalue weighted by Crippen LogP contribution is -2.49. The Morgan fingerprint density at radius 2 is 1.89 bits per heavy atom. The maximum absolute atomic E-state index is 13.2. The van der Waals surface area contributed by atoms with Crippen molar-refractivity contribution in [2.24, 2.45) is 0 Å². The topological polar surface area (TPSA) is 66.5 Å². The van der Waals surface area contributed by atoms with Gasteiger partial charge in [0.1, 0.15) is 11.9 Å². The van der Waals surface area contributed by atoms with Crippen LogP contribution in [0.25, 0.3) is 0 Å². The summed E-state index contributed by atoms with van der Waals surface area (Å²) >= 11 is 6.09. The number of halogens is 2. The Kier molecular flexibility index (Phi) is 5.83. The molecular weight excluding hydrogens is 391 g/mol. The molecule has 1 aliphatic heterocycles. The summed E-state index contributed by atoms with van der Waals surface area (Å²) in [5.41, 5.74) is 1.27. The maximum Gasteiger partial charge on any atom is 0.243 e. The molecule has 1 fully saturated rings. The second kappa shape index (κ2) is 7.96. The van der Waals surface area contributed by atoms with Gasteiger partial charge >= 0.3 is 0 Å². The van der Waals surface area contributed by atoms with E-state index in [4.69, 9.17) is 11.6 Å². The molecule has 144 valence electrons. The predicted octanol–water partition coefficient (Wildman–Crippen LogP) is 3.97. The molecule has 0 unspecified atom stereocenters. The maximum atomic E-state index is 13.2. The van der Waals surface area contributed by atoms with Gasteiger partial charge in [-0.25, -0.2) is 12.8 Å². The molecule has 1 atom stereocenters. The van der Waals surface area contributed by atoms with Crippen molar-refractivity contribution < 1.29 is 17.6 Å². The van der Waals surface area contributed by atoms with Gasteiger partial charge in [-0.1, -0.05) is 24.1 Å². The second-order valence-corrected chi connectivity index (χ2v) is 8.78. The molecule has 0 spiro atoms. The lowest BCUT2D eigenvalue weighted by molar-refractivity contribution is -0.120. The second-order valence-electron chi connectivity index (χ2n) is 6.48. The van der Waals surface area contributed by atoms with Gasteiger partial charge in [-0.05, 0) is 61.7 Å². The first-order valence-corrected chi connectivity index (χ1v) is 10.5. The Morgan fingerprint density at radius 1 is 1.19 bits per heavy atom. The van der Waals surface area contributed by atoms with Gasteiger partial charge in [0.05, 0.1) is 4.90 Å². The first-order chi connectivity index (χ1) is 12.8. The molecule has 1 saturated heterocycles. The van der Waals surface area contributed by atoms with Gasteiger partial charge in [0.2, 0.25) is 15.9 Å². The summed E-state index contributed by atoms with van der Waals surface area (Å²) in [5, 5.41) is 3.31. The van der Waals surface area contributed by atoms with E-state index in [1.807, 2.05) is 0 Å². The fraction of sp³-hybridized carbons (Fsp3) is 0.316. The van der Waals surface area contributed by atoms with E-state index in [2.05, 4.69) is 5.32 Å². The largest absolute Gasteiger partial charge is 0.324 e. The van der Waals surface area contributed by atoms with E-state index in [0.717, 1.165) is 24.1 Å². The monoisotopic (exact) mass is 410 g/mol. The highest BCUT2D eigenvalue weighted by Crippen LogP contribution is 2.28. The summed E-state index contributed by atoms with van der Waals surface area (Å²) in [7, 11) is -3.90. The van der Waals surface area contributed by atoms with Gasteiger partial charge in [-0.2, -0.15) is 4.31 Å². The first kappa shape index (κ1) is 19.8. The Balaban J connectivity index is 1.87. The molecule has 8 heteroatoms. The van der Waals surface area contributed by atoms with Crippen molar-refractivity contribution in [1.82, 2.24) is 4.31 Å². The zero-order valence-corrected chi connectivity index (χ0v) is 16.4. The number of amides is 1. The number of hydrogen-bond acceptors (Lipinski definition) is 3. The van der Waals surface area contributed by atoms with E-state index >= 15 is 0 Å². The summed E-state index contributed by atoms with van der Waals surface area (Å²) in [6.45, 7) is 2.03. The third-order valence-electron chi connectivity index (χ3n) is 4.70. The van der Waals surface area contributed by atoms with Crippen LogP contribution in [0.4, 0.5) is 10.1 Å². The van der Waals surface area contributed by atoms with Crippen LogP contribution in [0.1, 0.15) is 24.8 Å². The quantitative estimate of drug-likeness (QED) is 0.829. The smallest absolute Gasteiger partial charge is 0.243 e. The van der Waals surface area contributed by atoms with Crippen LogP contribution >= 0.6 is 11.6 Å². The molecule has 0 aromatic heterocycles. The van der Waals surface area contributed by atoms with Crippen molar-refractivity contribution in [1.29, 1.82) is 0 Å². The highest BCUT2D eigenvalue weighted by Gasteiger charge is 2.37. The fourth-order valence-corrected chi connectivity index (χ4v) is 4.99. The zero-order chi connectivity index (χ0) is 19.6. The van der Waals surface area contributed by atoms with Gasteiger partial charge in [0.25, 0.3) is 0 Å². The van der Waals surface area contributed by atoms with Crippen LogP contribution in [0.15, 0.2) is 47.4 Å². The number of carbonyl (C=O) groups is 1. The third-order valence-corrected chi connectivity index (χ3v) is 7.03. The number of anilines is 1. The van der Waals surface area contributed by atoms with Crippen LogP contribution in [-0.4, -0.2) is 31.2 Å². The summed E-state index contributed by atoms with van der Waals surface area (Å²) in [6.07, 6.45) is 1.84. The van der Waals surface area contributed by atoms with Crippen molar-refractivity contribution in [2.45, 2.75) is 37.1 Å². The molecule has 2 aromatic rings. The van der Waals surface area contributed by atoms with Crippen LogP contribution in [-0.2, 0) is 14.8 Å². The molecule has 5 nitrogen and oxygen atoms in total. The number of piperidine rings is 1. The van der Waals surface area contributed by atoms with Crippen molar-refractivity contribution in [3.05, 3.63) is 58.9 Å². The van der Waals surface area contributed by atoms with Crippen molar-refractivity contribution in [2.75, 3.05) is 11.9 Å². The zero-order valence-electron chi connectivity index (χ0n) is 14.8. The lowest BCUT2D eigenvalue weighted by atomic mass is 10.0. The van der Waals surface area contributed by atoms with E-state index in [9.17, 15) is 17.6 Å². The summed E-state index contributed by atoms with van der Waals surface area (Å²) < 4.78 is 40.3. The molecule has 3 rings (SSSR count). The minimum Gasteiger partial charge on any atom is -0.324 e. The minimum atomic E-state index is -3.90. The number of nitrogens with one attached hydrogen (secondary N) is 1. The molecule has 2 aromatic carbocycles. The van der Waals surface area contributed by atoms with Crippen molar-refractivity contribution in [3.63, 3.8) is 0 Å². The normalized spacial score (nSPS) is 18.3. The number of nitrogens with zero attached hydrogens (tertiary/aromatic N) is 1. The van der Waals surface area contributed by atoms with E-state index in [1.165, 1.54) is 16.4 Å². The Hall–Kier alpha value is -1.96. The van der Waals surface area contributed by atoms with Gasteiger partial charge < -0.3 is 5.32 Å². The van der Waals surface area contributed by atoms with Gasteiger partial charge in [0.15, 0.2) is 0 Å². The number of carbonyl (C=O) groups excluding carboxylic acids is 1. The van der Waals surface area contributed by atoms with Crippen LogP contribution in [0.3, 0.4) is 0 Å². The Bertz CT molecular complexity index is 948. The summed E-state index contributed by atoms with van der Waals surface area (Å²) in [6, 6.07) is 8.97. The lowest BCUT2D eigenvalue weighted by Gasteiger charge is -2.33. The minimum absolute atomic E-state index is 0.0254. The number of hydrogen-bond donors (Lipinski definition) is 1. The van der Waals surface area contributed by atoms with Crippen LogP contribution in [0.2, 0.25) is 5.02 Å². The van der Waals surface area contributed by atoms with Gasteiger partial charge in [-0.3, -0.25) is 4.79 Å². The Labute approximate surface area is 163 Å². The highest BCUT2D eigenvalue weighted by molar-refractivity contribution is 7.89. The van der Waals surface area contributed by atoms with Crippen LogP contribution < -0.4 is 5.32 Å². The highest BCUT2D eigenvalue weighted by atomic mass is 35.5. The molecule has 1 aliphatic rings. The number of sulfonamides is 1. The standard InChI is InChI=1S/C19H20ClFN2O3S/c1-13-16(20)5-4-6-17(13)22-19(24)18-7-2-3-12-23(18)27(25,26)15-10-8-14(21)9-11-15/h4-6,8-11,18H,2-3,7,12H2,1H3,(H,22,24)/t18-/m1/s1. The van der Waals surface area contributed by atoms with E-state index in [1.54, 1.807) is 25.1 Å². The van der Waals surface area contributed by atoms with Crippen LogP contribution in [0.5, 0.6) is 0 Å². The van der Waals surface area contributed by atoms with Gasteiger partial charge in [-0.15, -0.1) is 0 Å². The fourth-order valence-electron chi connectivity index (χ4n) is 3.16. The van der Waals surface area contributed by atoms with Crippen LogP contribution in [0, 0.1) is 12.7 Å². The molecule has 0 saturated carbocycles. The van der Waals surface area contributed by atoms with Crippen molar-refractivity contribution in [3.8, 4) is 0 Å². The molecule has 1 N–H and O–H groups in total. The van der Waals surface area contributed by atoms with Gasteiger partial charge in [0, 0.05) is 17.3 Å². The molecular formula is C19H20ClFN2O3S. The van der Waals surface area contributed by atoms with E-state index in [-0.39, 0.29) is 11.4 Å². The molecule has 0 bridgehead atoms. The molecule has 1 amide bonds. The molecule has 1 heterocycles. The van der Waals surface area contributed by atoms with E-state index < -0.39 is 27.8 Å². The number of rotatable bonds is 4. The molecule has 0 radical (unpaired) electrons. The molecule has 0 aliphatic carbocycles. The number of benzene rings is 2. The van der Waals surface area contributed by atoms with E-state index in [0.29, 0.717) is 23.6 Å². The molecule has 27 heavy (non-hydrogen) atoms. The summed E-state index contributed by atoms with van der Waals surface area (Å²) in [5.74, 6) is -0.913.